The lowest BCUT2D eigenvalue weighted by molar-refractivity contribution is 0.614. The summed E-state index contributed by atoms with van der Waals surface area (Å²) in [5.74, 6) is 0.633. The van der Waals surface area contributed by atoms with Crippen LogP contribution in [0.5, 0.6) is 0 Å². The zero-order chi connectivity index (χ0) is 22.1. The van der Waals surface area contributed by atoms with E-state index in [4.69, 9.17) is 11.6 Å². The molecule has 5 aromatic rings. The van der Waals surface area contributed by atoms with Gasteiger partial charge in [-0.2, -0.15) is 0 Å². The Morgan fingerprint density at radius 2 is 1.94 bits per heavy atom. The highest BCUT2D eigenvalue weighted by molar-refractivity contribution is 6.35. The Morgan fingerprint density at radius 3 is 2.78 bits per heavy atom. The first-order valence-corrected chi connectivity index (χ1v) is 10.8. The van der Waals surface area contributed by atoms with Gasteiger partial charge >= 0.3 is 0 Å². The van der Waals surface area contributed by atoms with E-state index in [2.05, 4.69) is 37.4 Å². The molecule has 0 aliphatic carbocycles. The summed E-state index contributed by atoms with van der Waals surface area (Å²) in [6, 6.07) is 17.5. The number of aromatic nitrogens is 5. The molecule has 0 spiro atoms. The van der Waals surface area contributed by atoms with Crippen LogP contribution in [0.15, 0.2) is 72.0 Å². The number of imidazole rings is 1. The van der Waals surface area contributed by atoms with Crippen molar-refractivity contribution in [2.24, 2.45) is 0 Å². The van der Waals surface area contributed by atoms with Crippen molar-refractivity contribution in [2.45, 2.75) is 25.9 Å². The molecule has 0 saturated carbocycles. The summed E-state index contributed by atoms with van der Waals surface area (Å²) < 4.78 is 1.81. The average Bonchev–Trinajstić information content (AvgIpc) is 3.29. The molecular formula is C24H21ClN6O. The number of aromatic amines is 1. The minimum absolute atomic E-state index is 0.0953. The van der Waals surface area contributed by atoms with Gasteiger partial charge in [0, 0.05) is 12.2 Å². The van der Waals surface area contributed by atoms with Gasteiger partial charge in [0.25, 0.3) is 5.56 Å². The minimum Gasteiger partial charge on any atom is -0.360 e. The molecule has 0 saturated heterocycles. The average molecular weight is 445 g/mol. The molecule has 7 nitrogen and oxygen atoms in total. The summed E-state index contributed by atoms with van der Waals surface area (Å²) in [7, 11) is 0. The van der Waals surface area contributed by atoms with Crippen molar-refractivity contribution in [3.63, 3.8) is 0 Å². The van der Waals surface area contributed by atoms with Gasteiger partial charge in [0.1, 0.15) is 11.8 Å². The van der Waals surface area contributed by atoms with Crippen LogP contribution in [0.3, 0.4) is 0 Å². The molecule has 0 radical (unpaired) electrons. The van der Waals surface area contributed by atoms with Crippen LogP contribution >= 0.6 is 11.6 Å². The largest absolute Gasteiger partial charge is 0.360 e. The second-order valence-electron chi connectivity index (χ2n) is 7.66. The molecule has 0 aliphatic heterocycles. The zero-order valence-corrected chi connectivity index (χ0v) is 18.2. The maximum Gasteiger partial charge on any atom is 0.260 e. The molecule has 3 heterocycles. The first-order chi connectivity index (χ1) is 15.6. The number of pyridine rings is 1. The Balaban J connectivity index is 1.58. The predicted octanol–water partition coefficient (Wildman–Crippen LogP) is 4.74. The fraction of sp³-hybridized carbons (Fsp3) is 0.167. The Labute approximate surface area is 189 Å². The number of benzene rings is 2. The van der Waals surface area contributed by atoms with Gasteiger partial charge in [-0.25, -0.2) is 15.0 Å². The number of hydrogen-bond acceptors (Lipinski definition) is 5. The highest BCUT2D eigenvalue weighted by Gasteiger charge is 2.18. The van der Waals surface area contributed by atoms with E-state index in [1.54, 1.807) is 12.4 Å². The molecule has 3 aromatic heterocycles. The smallest absolute Gasteiger partial charge is 0.260 e. The molecule has 8 heteroatoms. The molecule has 1 atom stereocenters. The fourth-order valence-corrected chi connectivity index (χ4v) is 4.27. The van der Waals surface area contributed by atoms with Crippen LogP contribution < -0.4 is 10.9 Å². The van der Waals surface area contributed by atoms with Gasteiger partial charge in [-0.3, -0.25) is 4.79 Å². The number of fused-ring (bicyclic) bond motifs is 2. The SMILES string of the molecule is CC(Nc1ncnc2nc[nH]c12)c1cc2cccc(Cl)c2c(=O)n1CCc1ccccc1. The Kier molecular flexibility index (Phi) is 5.33. The molecule has 0 bridgehead atoms. The Bertz CT molecular complexity index is 1460. The van der Waals surface area contributed by atoms with E-state index in [0.29, 0.717) is 28.4 Å². The van der Waals surface area contributed by atoms with Gasteiger partial charge in [0.15, 0.2) is 11.5 Å². The summed E-state index contributed by atoms with van der Waals surface area (Å²) in [6.45, 7) is 2.54. The van der Waals surface area contributed by atoms with E-state index >= 15 is 0 Å². The molecule has 160 valence electrons. The van der Waals surface area contributed by atoms with Crippen molar-refractivity contribution in [3.05, 3.63) is 93.9 Å². The molecule has 1 unspecified atom stereocenters. The second kappa shape index (κ2) is 8.43. The van der Waals surface area contributed by atoms with Crippen LogP contribution in [-0.4, -0.2) is 24.5 Å². The first kappa shape index (κ1) is 20.2. The summed E-state index contributed by atoms with van der Waals surface area (Å²) in [5, 5.41) is 5.23. The lowest BCUT2D eigenvalue weighted by Gasteiger charge is -2.21. The Hall–Kier alpha value is -3.71. The van der Waals surface area contributed by atoms with E-state index < -0.39 is 0 Å². The molecule has 2 N–H and O–H groups in total. The first-order valence-electron chi connectivity index (χ1n) is 10.4. The third-order valence-corrected chi connectivity index (χ3v) is 5.92. The van der Waals surface area contributed by atoms with Crippen LogP contribution in [-0.2, 0) is 13.0 Å². The molecule has 5 rings (SSSR count). The monoisotopic (exact) mass is 444 g/mol. The zero-order valence-electron chi connectivity index (χ0n) is 17.4. The second-order valence-corrected chi connectivity index (χ2v) is 8.06. The third kappa shape index (κ3) is 3.71. The maximum atomic E-state index is 13.5. The van der Waals surface area contributed by atoms with Crippen LogP contribution in [0.1, 0.15) is 24.2 Å². The lowest BCUT2D eigenvalue weighted by atomic mass is 10.1. The number of aryl methyl sites for hydroxylation is 1. The molecule has 32 heavy (non-hydrogen) atoms. The molecular weight excluding hydrogens is 424 g/mol. The van der Waals surface area contributed by atoms with Crippen molar-refractivity contribution >= 4 is 39.4 Å². The van der Waals surface area contributed by atoms with Crippen molar-refractivity contribution in [3.8, 4) is 0 Å². The van der Waals surface area contributed by atoms with Crippen LogP contribution in [0.25, 0.3) is 21.9 Å². The summed E-state index contributed by atoms with van der Waals surface area (Å²) in [6.07, 6.45) is 3.79. The Morgan fingerprint density at radius 1 is 1.09 bits per heavy atom. The van der Waals surface area contributed by atoms with Crippen molar-refractivity contribution < 1.29 is 0 Å². The number of nitrogens with zero attached hydrogens (tertiary/aromatic N) is 4. The standard InChI is InChI=1S/C24H21ClN6O/c1-15(30-23-21-22(27-13-26-21)28-14-29-23)19-12-17-8-5-9-18(25)20(17)24(32)31(19)11-10-16-6-3-2-4-7-16/h2-9,12-15H,10-11H2,1H3,(H2,26,27,28,29,30). The van der Waals surface area contributed by atoms with E-state index in [9.17, 15) is 4.79 Å². The van der Waals surface area contributed by atoms with Crippen LogP contribution in [0.4, 0.5) is 5.82 Å². The third-order valence-electron chi connectivity index (χ3n) is 5.61. The number of halogens is 1. The molecule has 0 amide bonds. The number of rotatable bonds is 6. The van der Waals surface area contributed by atoms with Crippen molar-refractivity contribution in [2.75, 3.05) is 5.32 Å². The summed E-state index contributed by atoms with van der Waals surface area (Å²) in [4.78, 5) is 29.3. The fourth-order valence-electron chi connectivity index (χ4n) is 4.00. The van der Waals surface area contributed by atoms with Gasteiger partial charge in [-0.15, -0.1) is 0 Å². The highest BCUT2D eigenvalue weighted by atomic mass is 35.5. The van der Waals surface area contributed by atoms with Gasteiger partial charge in [-0.1, -0.05) is 54.1 Å². The van der Waals surface area contributed by atoms with Gasteiger partial charge in [0.2, 0.25) is 0 Å². The number of nitrogens with one attached hydrogen (secondary N) is 2. The number of anilines is 1. The van der Waals surface area contributed by atoms with E-state index in [1.165, 1.54) is 11.9 Å². The molecule has 0 aliphatic rings. The quantitative estimate of drug-likeness (QED) is 0.395. The van der Waals surface area contributed by atoms with Gasteiger partial charge in [0.05, 0.1) is 22.8 Å². The van der Waals surface area contributed by atoms with Crippen molar-refractivity contribution in [1.82, 2.24) is 24.5 Å². The highest BCUT2D eigenvalue weighted by Crippen LogP contribution is 2.26. The lowest BCUT2D eigenvalue weighted by Crippen LogP contribution is -2.28. The van der Waals surface area contributed by atoms with Crippen LogP contribution in [0.2, 0.25) is 5.02 Å². The minimum atomic E-state index is -0.205. The van der Waals surface area contributed by atoms with Gasteiger partial charge < -0.3 is 14.9 Å². The maximum absolute atomic E-state index is 13.5. The molecule has 0 fully saturated rings. The molecule has 2 aromatic carbocycles. The van der Waals surface area contributed by atoms with E-state index in [-0.39, 0.29) is 11.6 Å². The predicted molar refractivity (Wildman–Crippen MR) is 127 cm³/mol. The van der Waals surface area contributed by atoms with E-state index in [0.717, 1.165) is 23.0 Å². The summed E-state index contributed by atoms with van der Waals surface area (Å²) in [5.41, 5.74) is 3.23. The summed E-state index contributed by atoms with van der Waals surface area (Å²) >= 11 is 6.41. The van der Waals surface area contributed by atoms with E-state index in [1.807, 2.05) is 47.9 Å². The van der Waals surface area contributed by atoms with Crippen molar-refractivity contribution in [1.29, 1.82) is 0 Å². The number of H-pyrrole nitrogens is 1. The van der Waals surface area contributed by atoms with Crippen LogP contribution in [0, 0.1) is 0 Å². The normalized spacial score (nSPS) is 12.3. The van der Waals surface area contributed by atoms with Gasteiger partial charge in [-0.05, 0) is 36.4 Å². The number of hydrogen-bond donors (Lipinski definition) is 2. The topological polar surface area (TPSA) is 88.5 Å².